The van der Waals surface area contributed by atoms with Gasteiger partial charge in [0.25, 0.3) is 0 Å². The third kappa shape index (κ3) is 3.19. The molecular formula is C15H15ClN2O2S. The number of anilines is 1. The van der Waals surface area contributed by atoms with Crippen molar-refractivity contribution in [3.63, 3.8) is 0 Å². The molecule has 0 atom stereocenters. The van der Waals surface area contributed by atoms with Crippen LogP contribution in [0.3, 0.4) is 0 Å². The fraction of sp³-hybridized carbons (Fsp3) is 0.333. The van der Waals surface area contributed by atoms with Gasteiger partial charge in [-0.15, -0.1) is 22.9 Å². The maximum absolute atomic E-state index is 12.6. The molecule has 6 heteroatoms. The number of thiazole rings is 1. The summed E-state index contributed by atoms with van der Waals surface area (Å²) in [5.74, 6) is 1.19. The summed E-state index contributed by atoms with van der Waals surface area (Å²) in [7, 11) is 0. The number of halogens is 1. The second-order valence-corrected chi connectivity index (χ2v) is 5.97. The van der Waals surface area contributed by atoms with E-state index >= 15 is 0 Å². The highest BCUT2D eigenvalue weighted by Gasteiger charge is 2.22. The van der Waals surface area contributed by atoms with Crippen LogP contribution in [0.25, 0.3) is 0 Å². The fourth-order valence-corrected chi connectivity index (χ4v) is 3.32. The molecule has 21 heavy (non-hydrogen) atoms. The lowest BCUT2D eigenvalue weighted by molar-refractivity contribution is -0.118. The van der Waals surface area contributed by atoms with E-state index in [4.69, 9.17) is 16.3 Å². The van der Waals surface area contributed by atoms with Gasteiger partial charge in [0.2, 0.25) is 5.91 Å². The van der Waals surface area contributed by atoms with E-state index in [2.05, 4.69) is 4.98 Å². The zero-order chi connectivity index (χ0) is 14.7. The van der Waals surface area contributed by atoms with E-state index < -0.39 is 0 Å². The predicted molar refractivity (Wildman–Crippen MR) is 84.3 cm³/mol. The summed E-state index contributed by atoms with van der Waals surface area (Å²) < 4.78 is 5.68. The van der Waals surface area contributed by atoms with Gasteiger partial charge >= 0.3 is 0 Å². The van der Waals surface area contributed by atoms with Crippen molar-refractivity contribution < 1.29 is 9.53 Å². The molecule has 110 valence electrons. The zero-order valence-electron chi connectivity index (χ0n) is 11.4. The Morgan fingerprint density at radius 1 is 1.43 bits per heavy atom. The molecule has 0 unspecified atom stereocenters. The van der Waals surface area contributed by atoms with E-state index in [9.17, 15) is 4.79 Å². The van der Waals surface area contributed by atoms with Gasteiger partial charge in [-0.3, -0.25) is 4.79 Å². The van der Waals surface area contributed by atoms with Crippen molar-refractivity contribution in [2.24, 2.45) is 0 Å². The highest BCUT2D eigenvalue weighted by Crippen LogP contribution is 2.31. The normalized spacial score (nSPS) is 14.2. The standard InChI is InChI=1S/C15H15ClN2O2S/c16-9-11-10-21-14(17-11)8-15(19)18-6-3-7-20-13-5-2-1-4-12(13)18/h1-2,4-5,10H,3,6-9H2. The summed E-state index contributed by atoms with van der Waals surface area (Å²) >= 11 is 7.22. The van der Waals surface area contributed by atoms with Gasteiger partial charge in [0.1, 0.15) is 10.8 Å². The van der Waals surface area contributed by atoms with Crippen molar-refractivity contribution in [1.29, 1.82) is 0 Å². The van der Waals surface area contributed by atoms with Gasteiger partial charge in [-0.25, -0.2) is 4.98 Å². The predicted octanol–water partition coefficient (Wildman–Crippen LogP) is 3.24. The Kier molecular flexibility index (Phi) is 4.41. The second kappa shape index (κ2) is 6.45. The summed E-state index contributed by atoms with van der Waals surface area (Å²) in [6.07, 6.45) is 1.13. The van der Waals surface area contributed by atoms with Crippen molar-refractivity contribution in [1.82, 2.24) is 4.98 Å². The Hall–Kier alpha value is -1.59. The van der Waals surface area contributed by atoms with Gasteiger partial charge in [0, 0.05) is 11.9 Å². The molecule has 3 rings (SSSR count). The van der Waals surface area contributed by atoms with Crippen LogP contribution in [0, 0.1) is 0 Å². The van der Waals surface area contributed by atoms with Crippen molar-refractivity contribution in [3.05, 3.63) is 40.3 Å². The second-order valence-electron chi connectivity index (χ2n) is 4.76. The van der Waals surface area contributed by atoms with E-state index in [-0.39, 0.29) is 5.91 Å². The maximum atomic E-state index is 12.6. The molecule has 1 aliphatic heterocycles. The van der Waals surface area contributed by atoms with Crippen LogP contribution in [0.4, 0.5) is 5.69 Å². The first-order chi connectivity index (χ1) is 10.3. The molecule has 1 aromatic carbocycles. The maximum Gasteiger partial charge on any atom is 0.233 e. The number of para-hydroxylation sites is 2. The van der Waals surface area contributed by atoms with Crippen LogP contribution >= 0.6 is 22.9 Å². The van der Waals surface area contributed by atoms with Crippen LogP contribution in [0.2, 0.25) is 0 Å². The van der Waals surface area contributed by atoms with Crippen molar-refractivity contribution >= 4 is 34.5 Å². The van der Waals surface area contributed by atoms with Gasteiger partial charge in [0.05, 0.1) is 30.3 Å². The Bertz CT molecular complexity index is 644. The molecule has 1 amide bonds. The number of benzene rings is 1. The molecule has 0 spiro atoms. The third-order valence-electron chi connectivity index (χ3n) is 3.28. The van der Waals surface area contributed by atoms with Crippen molar-refractivity contribution in [3.8, 4) is 5.75 Å². The third-order valence-corrected chi connectivity index (χ3v) is 4.45. The van der Waals surface area contributed by atoms with Crippen molar-refractivity contribution in [2.75, 3.05) is 18.1 Å². The fourth-order valence-electron chi connectivity index (χ4n) is 2.30. The summed E-state index contributed by atoms with van der Waals surface area (Å²) in [5, 5.41) is 2.70. The number of nitrogens with zero attached hydrogens (tertiary/aromatic N) is 2. The van der Waals surface area contributed by atoms with Gasteiger partial charge < -0.3 is 9.64 Å². The highest BCUT2D eigenvalue weighted by atomic mass is 35.5. The zero-order valence-corrected chi connectivity index (χ0v) is 13.0. The molecule has 1 aromatic heterocycles. The van der Waals surface area contributed by atoms with Crippen LogP contribution in [0.1, 0.15) is 17.1 Å². The van der Waals surface area contributed by atoms with Gasteiger partial charge in [-0.2, -0.15) is 0 Å². The van der Waals surface area contributed by atoms with E-state index in [1.54, 1.807) is 4.90 Å². The summed E-state index contributed by atoms with van der Waals surface area (Å²) in [5.41, 5.74) is 1.66. The molecule has 0 saturated carbocycles. The number of amides is 1. The summed E-state index contributed by atoms with van der Waals surface area (Å²) in [6.45, 7) is 1.30. The molecule has 0 radical (unpaired) electrons. The number of hydrogen-bond donors (Lipinski definition) is 0. The summed E-state index contributed by atoms with van der Waals surface area (Å²) in [4.78, 5) is 18.7. The molecule has 0 bridgehead atoms. The number of fused-ring (bicyclic) bond motifs is 1. The topological polar surface area (TPSA) is 42.4 Å². The highest BCUT2D eigenvalue weighted by molar-refractivity contribution is 7.09. The first kappa shape index (κ1) is 14.4. The number of carbonyl (C=O) groups is 1. The molecule has 4 nitrogen and oxygen atoms in total. The minimum atomic E-state index is 0.0448. The lowest BCUT2D eigenvalue weighted by Crippen LogP contribution is -2.32. The molecule has 0 aliphatic carbocycles. The smallest absolute Gasteiger partial charge is 0.233 e. The number of aromatic nitrogens is 1. The molecule has 2 aromatic rings. The Morgan fingerprint density at radius 3 is 3.10 bits per heavy atom. The molecular weight excluding hydrogens is 308 g/mol. The van der Waals surface area contributed by atoms with Gasteiger partial charge in [-0.05, 0) is 18.6 Å². The summed E-state index contributed by atoms with van der Waals surface area (Å²) in [6, 6.07) is 7.66. The van der Waals surface area contributed by atoms with Gasteiger partial charge in [-0.1, -0.05) is 12.1 Å². The quantitative estimate of drug-likeness (QED) is 0.815. The van der Waals surface area contributed by atoms with E-state index in [0.717, 1.165) is 28.6 Å². The van der Waals surface area contributed by atoms with Crippen LogP contribution in [0.5, 0.6) is 5.75 Å². The number of ether oxygens (including phenoxy) is 1. The number of rotatable bonds is 3. The number of hydrogen-bond acceptors (Lipinski definition) is 4. The van der Waals surface area contributed by atoms with Crippen molar-refractivity contribution in [2.45, 2.75) is 18.7 Å². The van der Waals surface area contributed by atoms with Crippen LogP contribution < -0.4 is 9.64 Å². The number of carbonyl (C=O) groups excluding carboxylic acids is 1. The Morgan fingerprint density at radius 2 is 2.29 bits per heavy atom. The minimum absolute atomic E-state index is 0.0448. The van der Waals surface area contributed by atoms with Crippen LogP contribution in [-0.2, 0) is 17.1 Å². The lowest BCUT2D eigenvalue weighted by atomic mass is 10.2. The Balaban J connectivity index is 1.80. The number of alkyl halides is 1. The molecule has 0 N–H and O–H groups in total. The van der Waals surface area contributed by atoms with E-state index in [1.807, 2.05) is 29.6 Å². The van der Waals surface area contributed by atoms with E-state index in [0.29, 0.717) is 25.5 Å². The SMILES string of the molecule is O=C(Cc1nc(CCl)cs1)N1CCCOc2ccccc21. The van der Waals surface area contributed by atoms with Gasteiger partial charge in [0.15, 0.2) is 0 Å². The van der Waals surface area contributed by atoms with Crippen LogP contribution in [0.15, 0.2) is 29.6 Å². The molecule has 0 saturated heterocycles. The Labute approximate surface area is 132 Å². The van der Waals surface area contributed by atoms with Crippen LogP contribution in [-0.4, -0.2) is 24.0 Å². The molecule has 0 fully saturated rings. The average molecular weight is 323 g/mol. The molecule has 1 aliphatic rings. The minimum Gasteiger partial charge on any atom is -0.491 e. The first-order valence-electron chi connectivity index (χ1n) is 6.79. The largest absolute Gasteiger partial charge is 0.491 e. The first-order valence-corrected chi connectivity index (χ1v) is 8.21. The lowest BCUT2D eigenvalue weighted by Gasteiger charge is -2.21. The monoisotopic (exact) mass is 322 g/mol. The molecule has 2 heterocycles. The van der Waals surface area contributed by atoms with E-state index in [1.165, 1.54) is 11.3 Å². The average Bonchev–Trinajstić information content (AvgIpc) is 2.84.